The molecule has 0 N–H and O–H groups in total. The smallest absolute Gasteiger partial charge is 0.00199 e. The average molecular weight is 735 g/mol. The molecule has 58 heavy (non-hydrogen) atoms. The van der Waals surface area contributed by atoms with Gasteiger partial charge in [0.2, 0.25) is 0 Å². The van der Waals surface area contributed by atoms with Crippen LogP contribution >= 0.6 is 0 Å². The van der Waals surface area contributed by atoms with Crippen molar-refractivity contribution >= 4 is 43.1 Å². The lowest BCUT2D eigenvalue weighted by atomic mass is 9.82. The highest BCUT2D eigenvalue weighted by Gasteiger charge is 2.20. The summed E-state index contributed by atoms with van der Waals surface area (Å²) in [5.41, 5.74) is 14.7. The van der Waals surface area contributed by atoms with E-state index in [0.717, 1.165) is 0 Å². The molecule has 0 heterocycles. The fraction of sp³-hybridized carbons (Fsp3) is 0. The first-order chi connectivity index (χ1) is 28.8. The van der Waals surface area contributed by atoms with E-state index in [1.54, 1.807) is 0 Å². The summed E-state index contributed by atoms with van der Waals surface area (Å²) < 4.78 is 0. The number of hydrogen-bond acceptors (Lipinski definition) is 0. The summed E-state index contributed by atoms with van der Waals surface area (Å²) in [4.78, 5) is 0. The van der Waals surface area contributed by atoms with Crippen LogP contribution in [0.25, 0.3) is 110 Å². The first-order valence-electron chi connectivity index (χ1n) is 20.1. The van der Waals surface area contributed by atoms with Gasteiger partial charge < -0.3 is 0 Å². The van der Waals surface area contributed by atoms with Crippen LogP contribution in [-0.4, -0.2) is 0 Å². The standard InChI is InChI=1S/C58H38/c1-3-15-39(16-4-1)40-27-31-42(32-28-40)48-36-35-45(41-29-33-43(34-30-41)55-38-46-19-7-8-20-47(46)49-21-9-10-22-50(49)55)37-56(48)58-53-25-13-11-23-51(53)57(44-17-5-2-6-18-44)52-24-12-14-26-54(52)58/h1-38H. The van der Waals surface area contributed by atoms with E-state index in [1.165, 1.54) is 110 Å². The predicted molar refractivity (Wildman–Crippen MR) is 249 cm³/mol. The van der Waals surface area contributed by atoms with Gasteiger partial charge in [0, 0.05) is 0 Å². The fourth-order valence-corrected chi connectivity index (χ4v) is 9.12. The van der Waals surface area contributed by atoms with E-state index >= 15 is 0 Å². The number of benzene rings is 11. The Morgan fingerprint density at radius 3 is 1.17 bits per heavy atom. The normalized spacial score (nSPS) is 11.4. The third-order valence-electron chi connectivity index (χ3n) is 11.9. The molecule has 0 saturated carbocycles. The van der Waals surface area contributed by atoms with Crippen LogP contribution in [0.4, 0.5) is 0 Å². The molecule has 0 atom stereocenters. The highest BCUT2D eigenvalue weighted by Crippen LogP contribution is 2.47. The topological polar surface area (TPSA) is 0 Å². The first-order valence-corrected chi connectivity index (χ1v) is 20.1. The van der Waals surface area contributed by atoms with Crippen molar-refractivity contribution in [1.82, 2.24) is 0 Å². The Morgan fingerprint density at radius 1 is 0.172 bits per heavy atom. The van der Waals surface area contributed by atoms with Crippen LogP contribution in [0.15, 0.2) is 231 Å². The van der Waals surface area contributed by atoms with Crippen LogP contribution < -0.4 is 0 Å². The molecule has 11 rings (SSSR count). The zero-order chi connectivity index (χ0) is 38.4. The van der Waals surface area contributed by atoms with E-state index in [4.69, 9.17) is 0 Å². The summed E-state index contributed by atoms with van der Waals surface area (Å²) in [6.45, 7) is 0. The highest BCUT2D eigenvalue weighted by atomic mass is 14.2. The third kappa shape index (κ3) is 5.78. The van der Waals surface area contributed by atoms with Crippen molar-refractivity contribution in [1.29, 1.82) is 0 Å². The lowest BCUT2D eigenvalue weighted by Gasteiger charge is -2.21. The van der Waals surface area contributed by atoms with Crippen molar-refractivity contribution in [2.45, 2.75) is 0 Å². The molecule has 0 nitrogen and oxygen atoms in total. The van der Waals surface area contributed by atoms with Gasteiger partial charge in [-0.25, -0.2) is 0 Å². The molecule has 0 bridgehead atoms. The molecule has 0 aliphatic rings. The van der Waals surface area contributed by atoms with Gasteiger partial charge in [-0.1, -0.05) is 218 Å². The first kappa shape index (κ1) is 33.8. The van der Waals surface area contributed by atoms with Gasteiger partial charge in [0.1, 0.15) is 0 Å². The Morgan fingerprint density at radius 2 is 0.569 bits per heavy atom. The molecule has 11 aromatic rings. The van der Waals surface area contributed by atoms with Gasteiger partial charge in [0.05, 0.1) is 0 Å². The second kappa shape index (κ2) is 14.2. The molecule has 270 valence electrons. The summed E-state index contributed by atoms with van der Waals surface area (Å²) in [6.07, 6.45) is 0. The molecule has 0 aliphatic carbocycles. The zero-order valence-corrected chi connectivity index (χ0v) is 31.9. The predicted octanol–water partition coefficient (Wildman–Crippen LogP) is 16.3. The SMILES string of the molecule is c1ccc(-c2ccc(-c3ccc(-c4ccc(-c5cc6ccccc6c6ccccc56)cc4)cc3-c3c4ccccc4c(-c4ccccc4)c4ccccc34)cc2)cc1. The molecule has 0 aliphatic heterocycles. The fourth-order valence-electron chi connectivity index (χ4n) is 9.12. The van der Waals surface area contributed by atoms with Gasteiger partial charge in [-0.05, 0) is 122 Å². The van der Waals surface area contributed by atoms with E-state index < -0.39 is 0 Å². The minimum atomic E-state index is 1.19. The number of hydrogen-bond donors (Lipinski definition) is 0. The second-order valence-electron chi connectivity index (χ2n) is 15.2. The highest BCUT2D eigenvalue weighted by molar-refractivity contribution is 6.22. The van der Waals surface area contributed by atoms with Crippen molar-refractivity contribution in [3.63, 3.8) is 0 Å². The molecule has 0 unspecified atom stereocenters. The lowest BCUT2D eigenvalue weighted by Crippen LogP contribution is -1.94. The lowest BCUT2D eigenvalue weighted by molar-refractivity contribution is 1.57. The van der Waals surface area contributed by atoms with Crippen molar-refractivity contribution in [2.75, 3.05) is 0 Å². The van der Waals surface area contributed by atoms with Crippen molar-refractivity contribution in [3.8, 4) is 66.8 Å². The molecular weight excluding hydrogens is 697 g/mol. The van der Waals surface area contributed by atoms with Gasteiger partial charge in [0.15, 0.2) is 0 Å². The molecule has 0 amide bonds. The van der Waals surface area contributed by atoms with Crippen LogP contribution in [-0.2, 0) is 0 Å². The Balaban J connectivity index is 1.11. The summed E-state index contributed by atoms with van der Waals surface area (Å²) >= 11 is 0. The van der Waals surface area contributed by atoms with Crippen LogP contribution in [0.5, 0.6) is 0 Å². The minimum absolute atomic E-state index is 1.19. The monoisotopic (exact) mass is 734 g/mol. The van der Waals surface area contributed by atoms with Crippen molar-refractivity contribution < 1.29 is 0 Å². The summed E-state index contributed by atoms with van der Waals surface area (Å²) in [5.74, 6) is 0. The van der Waals surface area contributed by atoms with Crippen LogP contribution in [0, 0.1) is 0 Å². The Kier molecular flexibility index (Phi) is 8.26. The van der Waals surface area contributed by atoms with E-state index in [0.29, 0.717) is 0 Å². The summed E-state index contributed by atoms with van der Waals surface area (Å²) in [5, 5.41) is 10.1. The van der Waals surface area contributed by atoms with E-state index in [2.05, 4.69) is 231 Å². The van der Waals surface area contributed by atoms with Crippen molar-refractivity contribution in [3.05, 3.63) is 231 Å². The van der Waals surface area contributed by atoms with Gasteiger partial charge in [0.25, 0.3) is 0 Å². The molecule has 0 heteroatoms. The zero-order valence-electron chi connectivity index (χ0n) is 31.9. The quantitative estimate of drug-likeness (QED) is 0.118. The van der Waals surface area contributed by atoms with Gasteiger partial charge in [-0.2, -0.15) is 0 Å². The van der Waals surface area contributed by atoms with Gasteiger partial charge in [-0.15, -0.1) is 0 Å². The van der Waals surface area contributed by atoms with Gasteiger partial charge >= 0.3 is 0 Å². The molecular formula is C58H38. The van der Waals surface area contributed by atoms with Crippen LogP contribution in [0.2, 0.25) is 0 Å². The molecule has 0 radical (unpaired) electrons. The van der Waals surface area contributed by atoms with E-state index in [1.807, 2.05) is 0 Å². The molecule has 0 aromatic heterocycles. The third-order valence-corrected chi connectivity index (χ3v) is 11.9. The van der Waals surface area contributed by atoms with Crippen LogP contribution in [0.3, 0.4) is 0 Å². The Labute approximate surface area is 339 Å². The maximum absolute atomic E-state index is 2.43. The molecule has 11 aromatic carbocycles. The molecule has 0 saturated heterocycles. The minimum Gasteiger partial charge on any atom is -0.0622 e. The maximum atomic E-state index is 2.43. The van der Waals surface area contributed by atoms with Crippen molar-refractivity contribution in [2.24, 2.45) is 0 Å². The second-order valence-corrected chi connectivity index (χ2v) is 15.2. The van der Waals surface area contributed by atoms with E-state index in [-0.39, 0.29) is 0 Å². The summed E-state index contributed by atoms with van der Waals surface area (Å²) in [6, 6.07) is 84.5. The average Bonchev–Trinajstić information content (AvgIpc) is 3.31. The maximum Gasteiger partial charge on any atom is -0.00199 e. The Hall–Kier alpha value is -7.54. The summed E-state index contributed by atoms with van der Waals surface area (Å²) in [7, 11) is 0. The molecule has 0 fully saturated rings. The number of rotatable bonds is 6. The van der Waals surface area contributed by atoms with Crippen LogP contribution in [0.1, 0.15) is 0 Å². The van der Waals surface area contributed by atoms with Gasteiger partial charge in [-0.3, -0.25) is 0 Å². The largest absolute Gasteiger partial charge is 0.0622 e. The Bertz CT molecular complexity index is 3230. The van der Waals surface area contributed by atoms with E-state index in [9.17, 15) is 0 Å². The molecule has 0 spiro atoms. The number of fused-ring (bicyclic) bond motifs is 5.